The molecule has 0 radical (unpaired) electrons. The average Bonchev–Trinajstić information content (AvgIpc) is 2.56. The van der Waals surface area contributed by atoms with E-state index in [4.69, 9.17) is 10.5 Å². The molecule has 2 N–H and O–H groups in total. The van der Waals surface area contributed by atoms with Crippen molar-refractivity contribution >= 4 is 43.2 Å². The molecule has 1 unspecified atom stereocenters. The molecule has 0 aliphatic carbocycles. The second-order valence-electron chi connectivity index (χ2n) is 4.02. The van der Waals surface area contributed by atoms with Crippen molar-refractivity contribution in [2.75, 3.05) is 32.8 Å². The molecule has 17 heavy (non-hydrogen) atoms. The van der Waals surface area contributed by atoms with Crippen LogP contribution in [0.4, 0.5) is 0 Å². The highest BCUT2D eigenvalue weighted by molar-refractivity contribution is 9.13. The molecule has 0 saturated carbocycles. The van der Waals surface area contributed by atoms with Gasteiger partial charge in [0.15, 0.2) is 0 Å². The van der Waals surface area contributed by atoms with Crippen molar-refractivity contribution < 1.29 is 4.74 Å². The van der Waals surface area contributed by atoms with Gasteiger partial charge in [-0.1, -0.05) is 0 Å². The van der Waals surface area contributed by atoms with Crippen LogP contribution < -0.4 is 5.73 Å². The molecular weight excluding hydrogens is 368 g/mol. The van der Waals surface area contributed by atoms with Crippen LogP contribution >= 0.6 is 43.2 Å². The number of thiophene rings is 1. The van der Waals surface area contributed by atoms with Crippen molar-refractivity contribution in [2.45, 2.75) is 12.5 Å². The zero-order chi connectivity index (χ0) is 12.3. The van der Waals surface area contributed by atoms with E-state index >= 15 is 0 Å². The number of rotatable bonds is 3. The van der Waals surface area contributed by atoms with Gasteiger partial charge >= 0.3 is 0 Å². The molecule has 1 atom stereocenters. The highest BCUT2D eigenvalue weighted by Crippen LogP contribution is 2.37. The lowest BCUT2D eigenvalue weighted by Gasteiger charge is -2.28. The first-order valence-corrected chi connectivity index (χ1v) is 8.09. The van der Waals surface area contributed by atoms with Crippen LogP contribution in [-0.2, 0) is 4.74 Å². The number of hydrogen-bond donors (Lipinski definition) is 1. The fourth-order valence-corrected chi connectivity index (χ4v) is 4.29. The Bertz CT molecular complexity index is 345. The maximum absolute atomic E-state index is 5.94. The molecule has 1 aliphatic rings. The molecule has 6 heteroatoms. The minimum absolute atomic E-state index is 0.310. The Balaban J connectivity index is 2.13. The van der Waals surface area contributed by atoms with Gasteiger partial charge in [-0.3, -0.25) is 4.90 Å². The van der Waals surface area contributed by atoms with Crippen molar-refractivity contribution in [1.82, 2.24) is 4.90 Å². The van der Waals surface area contributed by atoms with Crippen LogP contribution in [0.25, 0.3) is 0 Å². The lowest BCUT2D eigenvalue weighted by molar-refractivity contribution is 0.133. The highest BCUT2D eigenvalue weighted by Gasteiger charge is 2.22. The number of nitrogens with two attached hydrogens (primary N) is 1. The summed E-state index contributed by atoms with van der Waals surface area (Å²) in [5.74, 6) is 0. The third kappa shape index (κ3) is 3.52. The van der Waals surface area contributed by atoms with Gasteiger partial charge in [0, 0.05) is 35.6 Å². The first-order chi connectivity index (χ1) is 8.22. The molecule has 1 saturated heterocycles. The molecule has 96 valence electrons. The molecular formula is C11H16Br2N2OS. The molecule has 3 nitrogen and oxygen atoms in total. The van der Waals surface area contributed by atoms with E-state index in [1.807, 2.05) is 0 Å². The zero-order valence-electron chi connectivity index (χ0n) is 9.49. The molecule has 0 amide bonds. The van der Waals surface area contributed by atoms with Gasteiger partial charge in [-0.25, -0.2) is 0 Å². The van der Waals surface area contributed by atoms with Gasteiger partial charge in [-0.2, -0.15) is 0 Å². The van der Waals surface area contributed by atoms with Crippen LogP contribution in [0.2, 0.25) is 0 Å². The van der Waals surface area contributed by atoms with Crippen LogP contribution in [0.1, 0.15) is 17.3 Å². The van der Waals surface area contributed by atoms with E-state index < -0.39 is 0 Å². The van der Waals surface area contributed by atoms with Gasteiger partial charge in [0.2, 0.25) is 0 Å². The maximum atomic E-state index is 5.94. The van der Waals surface area contributed by atoms with Crippen molar-refractivity contribution in [1.29, 1.82) is 0 Å². The summed E-state index contributed by atoms with van der Waals surface area (Å²) >= 11 is 8.83. The smallest absolute Gasteiger partial charge is 0.0843 e. The Morgan fingerprint density at radius 1 is 1.41 bits per heavy atom. The summed E-state index contributed by atoms with van der Waals surface area (Å²) in [6, 6.07) is 2.47. The summed E-state index contributed by atoms with van der Waals surface area (Å²) in [5, 5.41) is 0. The molecule has 1 fully saturated rings. The third-order valence-corrected chi connectivity index (χ3v) is 6.27. The quantitative estimate of drug-likeness (QED) is 0.871. The normalized spacial score (nSPS) is 20.2. The molecule has 2 heterocycles. The Morgan fingerprint density at radius 2 is 2.24 bits per heavy atom. The Kier molecular flexibility index (Phi) is 5.45. The standard InChI is InChI=1S/C11H16Br2N2OS/c12-8-6-10(17-11(8)13)9(7-14)15-2-1-4-16-5-3-15/h6,9H,1-5,7,14H2. The lowest BCUT2D eigenvalue weighted by atomic mass is 10.2. The molecule has 2 rings (SSSR count). The van der Waals surface area contributed by atoms with E-state index in [1.165, 1.54) is 4.88 Å². The van der Waals surface area contributed by atoms with Crippen LogP contribution in [0.3, 0.4) is 0 Å². The summed E-state index contributed by atoms with van der Waals surface area (Å²) in [6.45, 7) is 4.36. The van der Waals surface area contributed by atoms with Crippen molar-refractivity contribution in [3.8, 4) is 0 Å². The molecule has 0 bridgehead atoms. The summed E-state index contributed by atoms with van der Waals surface area (Å²) in [6.07, 6.45) is 1.09. The van der Waals surface area contributed by atoms with E-state index in [9.17, 15) is 0 Å². The van der Waals surface area contributed by atoms with Crippen LogP contribution in [0, 0.1) is 0 Å². The van der Waals surface area contributed by atoms with Gasteiger partial charge in [-0.15, -0.1) is 11.3 Å². The topological polar surface area (TPSA) is 38.5 Å². The SMILES string of the molecule is NCC(c1cc(Br)c(Br)s1)N1CCCOCC1. The van der Waals surface area contributed by atoms with Crippen LogP contribution in [-0.4, -0.2) is 37.7 Å². The zero-order valence-corrected chi connectivity index (χ0v) is 13.5. The van der Waals surface area contributed by atoms with Gasteiger partial charge in [0.25, 0.3) is 0 Å². The average molecular weight is 384 g/mol. The van der Waals surface area contributed by atoms with Gasteiger partial charge in [0.05, 0.1) is 16.4 Å². The van der Waals surface area contributed by atoms with E-state index in [1.54, 1.807) is 11.3 Å². The Morgan fingerprint density at radius 3 is 2.88 bits per heavy atom. The minimum atomic E-state index is 0.310. The molecule has 1 aliphatic heterocycles. The molecule has 1 aromatic heterocycles. The van der Waals surface area contributed by atoms with Crippen molar-refractivity contribution in [3.63, 3.8) is 0 Å². The molecule has 0 aromatic carbocycles. The van der Waals surface area contributed by atoms with Gasteiger partial charge in [-0.05, 0) is 44.3 Å². The van der Waals surface area contributed by atoms with Crippen molar-refractivity contribution in [2.24, 2.45) is 5.73 Å². The fraction of sp³-hybridized carbons (Fsp3) is 0.636. The first kappa shape index (κ1) is 14.0. The number of halogens is 2. The first-order valence-electron chi connectivity index (χ1n) is 5.69. The third-order valence-electron chi connectivity index (χ3n) is 2.91. The second kappa shape index (κ2) is 6.63. The number of nitrogens with zero attached hydrogens (tertiary/aromatic N) is 1. The Labute approximate surface area is 123 Å². The Hall–Kier alpha value is 0.540. The summed E-state index contributed by atoms with van der Waals surface area (Å²) in [4.78, 5) is 3.74. The number of ether oxygens (including phenoxy) is 1. The second-order valence-corrected chi connectivity index (χ2v) is 7.28. The summed E-state index contributed by atoms with van der Waals surface area (Å²) in [5.41, 5.74) is 5.94. The summed E-state index contributed by atoms with van der Waals surface area (Å²) in [7, 11) is 0. The monoisotopic (exact) mass is 382 g/mol. The van der Waals surface area contributed by atoms with Gasteiger partial charge in [0.1, 0.15) is 0 Å². The summed E-state index contributed by atoms with van der Waals surface area (Å²) < 4.78 is 7.74. The van der Waals surface area contributed by atoms with Crippen molar-refractivity contribution in [3.05, 3.63) is 19.2 Å². The fourth-order valence-electron chi connectivity index (χ4n) is 2.05. The predicted octanol–water partition coefficient (Wildman–Crippen LogP) is 3.00. The largest absolute Gasteiger partial charge is 0.380 e. The van der Waals surface area contributed by atoms with Gasteiger partial charge < -0.3 is 10.5 Å². The molecule has 0 spiro atoms. The molecule has 1 aromatic rings. The van der Waals surface area contributed by atoms with E-state index in [0.29, 0.717) is 12.6 Å². The van der Waals surface area contributed by atoms with Crippen LogP contribution in [0.5, 0.6) is 0 Å². The lowest BCUT2D eigenvalue weighted by Crippen LogP contribution is -2.35. The van der Waals surface area contributed by atoms with E-state index in [2.05, 4.69) is 42.8 Å². The maximum Gasteiger partial charge on any atom is 0.0843 e. The van der Waals surface area contributed by atoms with E-state index in [0.717, 1.165) is 41.0 Å². The number of hydrogen-bond acceptors (Lipinski definition) is 4. The highest BCUT2D eigenvalue weighted by atomic mass is 79.9. The minimum Gasteiger partial charge on any atom is -0.380 e. The van der Waals surface area contributed by atoms with Crippen LogP contribution in [0.15, 0.2) is 14.3 Å². The van der Waals surface area contributed by atoms with E-state index in [-0.39, 0.29) is 0 Å². The predicted molar refractivity (Wildman–Crippen MR) is 78.5 cm³/mol.